The molecule has 0 saturated carbocycles. The van der Waals surface area contributed by atoms with E-state index in [4.69, 9.17) is 10.2 Å². The molecule has 1 heterocycles. The van der Waals surface area contributed by atoms with Gasteiger partial charge in [-0.25, -0.2) is 0 Å². The van der Waals surface area contributed by atoms with Gasteiger partial charge in [-0.05, 0) is 43.0 Å². The van der Waals surface area contributed by atoms with E-state index in [1.165, 1.54) is 10.5 Å². The minimum absolute atomic E-state index is 0.230. The van der Waals surface area contributed by atoms with Crippen molar-refractivity contribution in [3.05, 3.63) is 65.4 Å². The molecule has 0 bridgehead atoms. The van der Waals surface area contributed by atoms with Crippen LogP contribution in [0.4, 0.5) is 0 Å². The largest absolute Gasteiger partial charge is 0.459 e. The number of furan rings is 1. The van der Waals surface area contributed by atoms with E-state index in [9.17, 15) is 0 Å². The van der Waals surface area contributed by atoms with E-state index in [1.807, 2.05) is 24.3 Å². The minimum atomic E-state index is -0.230. The minimum Gasteiger partial charge on any atom is -0.459 e. The van der Waals surface area contributed by atoms with Crippen LogP contribution >= 0.6 is 11.8 Å². The molecule has 0 aliphatic carbocycles. The number of hydrogen-bond acceptors (Lipinski definition) is 3. The summed E-state index contributed by atoms with van der Waals surface area (Å²) in [5.74, 6) is 0.812. The molecule has 0 radical (unpaired) electrons. The third-order valence-electron chi connectivity index (χ3n) is 3.47. The predicted octanol–water partition coefficient (Wildman–Crippen LogP) is 4.51. The van der Waals surface area contributed by atoms with E-state index >= 15 is 0 Å². The fourth-order valence-electron chi connectivity index (χ4n) is 2.41. The number of aryl methyl sites for hydroxylation is 1. The van der Waals surface area contributed by atoms with Crippen molar-refractivity contribution in [3.8, 4) is 0 Å². The average Bonchev–Trinajstić information content (AvgIpc) is 2.89. The van der Waals surface area contributed by atoms with Crippen LogP contribution in [0.15, 0.2) is 57.8 Å². The highest BCUT2D eigenvalue weighted by molar-refractivity contribution is 7.98. The molecule has 1 unspecified atom stereocenters. The van der Waals surface area contributed by atoms with Gasteiger partial charge in [-0.3, -0.25) is 0 Å². The first-order chi connectivity index (χ1) is 9.69. The molecule has 0 aliphatic rings. The smallest absolute Gasteiger partial charge is 0.134 e. The third kappa shape index (κ3) is 2.35. The third-order valence-corrected chi connectivity index (χ3v) is 4.28. The van der Waals surface area contributed by atoms with Crippen LogP contribution in [0.2, 0.25) is 0 Å². The molecule has 1 atom stereocenters. The van der Waals surface area contributed by atoms with Crippen molar-refractivity contribution in [1.29, 1.82) is 0 Å². The Kier molecular flexibility index (Phi) is 3.55. The molecule has 3 rings (SSSR count). The number of thioether (sulfide) groups is 1. The lowest BCUT2D eigenvalue weighted by molar-refractivity contribution is 0.522. The zero-order valence-electron chi connectivity index (χ0n) is 11.6. The lowest BCUT2D eigenvalue weighted by atomic mass is 10.1. The van der Waals surface area contributed by atoms with E-state index in [-0.39, 0.29) is 6.04 Å². The van der Waals surface area contributed by atoms with Crippen molar-refractivity contribution in [1.82, 2.24) is 0 Å². The molecule has 20 heavy (non-hydrogen) atoms. The van der Waals surface area contributed by atoms with E-state index in [1.54, 1.807) is 11.8 Å². The van der Waals surface area contributed by atoms with E-state index in [0.29, 0.717) is 0 Å². The summed E-state index contributed by atoms with van der Waals surface area (Å²) in [6.07, 6.45) is 2.06. The molecule has 0 aliphatic heterocycles. The molecule has 3 heteroatoms. The first-order valence-corrected chi connectivity index (χ1v) is 7.80. The van der Waals surface area contributed by atoms with Gasteiger partial charge in [-0.2, -0.15) is 0 Å². The van der Waals surface area contributed by atoms with Crippen LogP contribution in [-0.2, 0) is 0 Å². The average molecular weight is 283 g/mol. The van der Waals surface area contributed by atoms with Gasteiger partial charge < -0.3 is 10.2 Å². The Morgan fingerprint density at radius 3 is 2.70 bits per heavy atom. The Hall–Kier alpha value is -1.71. The van der Waals surface area contributed by atoms with Crippen molar-refractivity contribution >= 4 is 22.7 Å². The van der Waals surface area contributed by atoms with E-state index < -0.39 is 0 Å². The summed E-state index contributed by atoms with van der Waals surface area (Å²) in [6, 6.07) is 16.2. The van der Waals surface area contributed by atoms with Gasteiger partial charge in [0.05, 0.1) is 6.04 Å². The fraction of sp³-hybridized carbons (Fsp3) is 0.176. The topological polar surface area (TPSA) is 39.2 Å². The van der Waals surface area contributed by atoms with Crippen LogP contribution in [0.3, 0.4) is 0 Å². The monoisotopic (exact) mass is 283 g/mol. The summed E-state index contributed by atoms with van der Waals surface area (Å²) in [5, 5.41) is 1.11. The summed E-state index contributed by atoms with van der Waals surface area (Å²) >= 11 is 1.71. The SMILES string of the molecule is CSc1ccccc1C(N)c1cc2cc(C)ccc2o1. The molecule has 0 saturated heterocycles. The molecular weight excluding hydrogens is 266 g/mol. The highest BCUT2D eigenvalue weighted by Gasteiger charge is 2.16. The molecule has 2 N–H and O–H groups in total. The van der Waals surface area contributed by atoms with Gasteiger partial charge in [0, 0.05) is 10.3 Å². The summed E-state index contributed by atoms with van der Waals surface area (Å²) in [4.78, 5) is 1.19. The molecule has 102 valence electrons. The van der Waals surface area contributed by atoms with Gasteiger partial charge in [-0.15, -0.1) is 11.8 Å². The number of benzene rings is 2. The van der Waals surface area contributed by atoms with Crippen LogP contribution in [-0.4, -0.2) is 6.26 Å². The number of nitrogens with two attached hydrogens (primary N) is 1. The molecule has 0 fully saturated rings. The van der Waals surface area contributed by atoms with Crippen molar-refractivity contribution in [2.45, 2.75) is 17.9 Å². The van der Waals surface area contributed by atoms with Crippen molar-refractivity contribution in [2.24, 2.45) is 5.73 Å². The normalized spacial score (nSPS) is 12.8. The Bertz CT molecular complexity index is 748. The molecule has 2 aromatic carbocycles. The van der Waals surface area contributed by atoms with Crippen LogP contribution in [0.1, 0.15) is 22.9 Å². The summed E-state index contributed by atoms with van der Waals surface area (Å²) in [6.45, 7) is 2.08. The maximum atomic E-state index is 6.39. The lowest BCUT2D eigenvalue weighted by Gasteiger charge is -2.12. The molecule has 2 nitrogen and oxygen atoms in total. The Morgan fingerprint density at radius 2 is 1.90 bits per heavy atom. The van der Waals surface area contributed by atoms with Crippen LogP contribution in [0.5, 0.6) is 0 Å². The summed E-state index contributed by atoms with van der Waals surface area (Å²) < 4.78 is 5.90. The number of rotatable bonds is 3. The van der Waals surface area contributed by atoms with E-state index in [0.717, 1.165) is 22.3 Å². The molecule has 0 spiro atoms. The summed E-state index contributed by atoms with van der Waals surface area (Å²) in [5.41, 5.74) is 9.61. The van der Waals surface area contributed by atoms with E-state index in [2.05, 4.69) is 37.4 Å². The Balaban J connectivity index is 2.05. The van der Waals surface area contributed by atoms with Crippen molar-refractivity contribution < 1.29 is 4.42 Å². The first kappa shape index (κ1) is 13.3. The second-order valence-electron chi connectivity index (χ2n) is 4.91. The highest BCUT2D eigenvalue weighted by Crippen LogP contribution is 2.31. The van der Waals surface area contributed by atoms with Gasteiger partial charge >= 0.3 is 0 Å². The van der Waals surface area contributed by atoms with Gasteiger partial charge in [0.25, 0.3) is 0 Å². The van der Waals surface area contributed by atoms with Gasteiger partial charge in [0.15, 0.2) is 0 Å². The highest BCUT2D eigenvalue weighted by atomic mass is 32.2. The quantitative estimate of drug-likeness (QED) is 0.719. The molecular formula is C17H17NOS. The van der Waals surface area contributed by atoms with Crippen LogP contribution in [0.25, 0.3) is 11.0 Å². The maximum absolute atomic E-state index is 6.39. The number of hydrogen-bond donors (Lipinski definition) is 1. The molecule has 0 amide bonds. The molecule has 3 aromatic rings. The zero-order chi connectivity index (χ0) is 14.1. The maximum Gasteiger partial charge on any atom is 0.134 e. The lowest BCUT2D eigenvalue weighted by Crippen LogP contribution is -2.11. The van der Waals surface area contributed by atoms with Gasteiger partial charge in [-0.1, -0.05) is 29.8 Å². The van der Waals surface area contributed by atoms with Gasteiger partial charge in [0.1, 0.15) is 11.3 Å². The zero-order valence-corrected chi connectivity index (χ0v) is 12.4. The van der Waals surface area contributed by atoms with Crippen LogP contribution in [0, 0.1) is 6.92 Å². The standard InChI is InChI=1S/C17H17NOS/c1-11-7-8-14-12(9-11)10-15(19-14)17(18)13-5-3-4-6-16(13)20-2/h3-10,17H,18H2,1-2H3. The second-order valence-corrected chi connectivity index (χ2v) is 5.76. The van der Waals surface area contributed by atoms with Crippen LogP contribution < -0.4 is 5.73 Å². The van der Waals surface area contributed by atoms with Crippen molar-refractivity contribution in [2.75, 3.05) is 6.26 Å². The Morgan fingerprint density at radius 1 is 1.10 bits per heavy atom. The second kappa shape index (κ2) is 5.35. The van der Waals surface area contributed by atoms with Gasteiger partial charge in [0.2, 0.25) is 0 Å². The number of fused-ring (bicyclic) bond motifs is 1. The predicted molar refractivity (Wildman–Crippen MR) is 85.2 cm³/mol. The Labute approximate surface area is 123 Å². The molecule has 1 aromatic heterocycles. The first-order valence-electron chi connectivity index (χ1n) is 6.57. The fourth-order valence-corrected chi connectivity index (χ4v) is 3.06. The summed E-state index contributed by atoms with van der Waals surface area (Å²) in [7, 11) is 0. The van der Waals surface area contributed by atoms with Crippen molar-refractivity contribution in [3.63, 3.8) is 0 Å².